The van der Waals surface area contributed by atoms with Gasteiger partial charge in [-0.05, 0) is 56.8 Å². The zero-order valence-corrected chi connectivity index (χ0v) is 22.9. The molecular formula is C29H37N5O5. The molecular weight excluding hydrogens is 498 g/mol. The van der Waals surface area contributed by atoms with Gasteiger partial charge < -0.3 is 25.2 Å². The molecule has 4 fully saturated rings. The molecule has 0 radical (unpaired) electrons. The second-order valence-electron chi connectivity index (χ2n) is 12.5. The molecule has 4 saturated heterocycles. The number of nitrogens with zero attached hydrogens (tertiary/aromatic N) is 3. The standard InChI is InChI=1S/C29H37N5O5/c1-15(2)28(27(37)34-16(3)26(36)33-10-6-9-23(33)29(34,38)39-28)31-25(35)18-11-20-19-7-5-8-21-24(19)17(13-30-21)12-22(20)32(4)14-18/h5,7-8,13,15-16,18,20,22-23,30,38H,6,9-12,14H2,1-4H3,(H,31,35). The van der Waals surface area contributed by atoms with Gasteiger partial charge in [0.2, 0.25) is 17.5 Å². The number of piperidine rings is 1. The summed E-state index contributed by atoms with van der Waals surface area (Å²) in [7, 11) is 2.06. The SMILES string of the molecule is CC1C(=O)N2CCCC2C2(O)OC(NC(=O)C3CC4c5cccc6[nH]cc(c56)CC4N(C)C3)(C(C)C)C(=O)N12. The summed E-state index contributed by atoms with van der Waals surface area (Å²) in [6.45, 7) is 6.31. The summed E-state index contributed by atoms with van der Waals surface area (Å²) < 4.78 is 6.31. The molecule has 1 aliphatic carbocycles. The van der Waals surface area contributed by atoms with Crippen molar-refractivity contribution in [2.45, 2.75) is 82.1 Å². The fraction of sp³-hybridized carbons (Fsp3) is 0.621. The smallest absolute Gasteiger partial charge is 0.281 e. The van der Waals surface area contributed by atoms with Gasteiger partial charge in [0.05, 0.1) is 5.92 Å². The van der Waals surface area contributed by atoms with Gasteiger partial charge in [0.15, 0.2) is 0 Å². The number of benzene rings is 1. The number of nitrogens with one attached hydrogen (secondary N) is 2. The number of amides is 3. The highest BCUT2D eigenvalue weighted by Gasteiger charge is 2.71. The molecule has 7 unspecified atom stereocenters. The van der Waals surface area contributed by atoms with Crippen molar-refractivity contribution in [3.8, 4) is 0 Å². The van der Waals surface area contributed by atoms with Gasteiger partial charge in [0.1, 0.15) is 12.1 Å². The third-order valence-corrected chi connectivity index (χ3v) is 10.1. The number of carbonyl (C=O) groups excluding carboxylic acids is 3. The van der Waals surface area contributed by atoms with E-state index in [2.05, 4.69) is 46.6 Å². The third kappa shape index (κ3) is 3.22. The van der Waals surface area contributed by atoms with E-state index in [0.717, 1.165) is 18.4 Å². The molecule has 39 heavy (non-hydrogen) atoms. The van der Waals surface area contributed by atoms with Crippen LogP contribution >= 0.6 is 0 Å². The lowest BCUT2D eigenvalue weighted by molar-refractivity contribution is -0.320. The van der Waals surface area contributed by atoms with E-state index in [1.807, 2.05) is 0 Å². The molecule has 7 rings (SSSR count). The topological polar surface area (TPSA) is 118 Å². The number of carbonyl (C=O) groups is 3. The lowest BCUT2D eigenvalue weighted by atomic mass is 9.72. The van der Waals surface area contributed by atoms with E-state index in [-0.39, 0.29) is 23.7 Å². The predicted molar refractivity (Wildman–Crippen MR) is 142 cm³/mol. The molecule has 10 heteroatoms. The maximum atomic E-state index is 14.0. The molecule has 3 N–H and O–H groups in total. The van der Waals surface area contributed by atoms with Gasteiger partial charge in [-0.25, -0.2) is 0 Å². The Balaban J connectivity index is 1.20. The van der Waals surface area contributed by atoms with Crippen LogP contribution in [-0.4, -0.2) is 92.4 Å². The van der Waals surface area contributed by atoms with Crippen molar-refractivity contribution in [2.75, 3.05) is 20.1 Å². The molecule has 2 aromatic rings. The molecule has 5 aliphatic rings. The fourth-order valence-electron chi connectivity index (χ4n) is 8.11. The minimum Gasteiger partial charge on any atom is -0.361 e. The van der Waals surface area contributed by atoms with Gasteiger partial charge >= 0.3 is 0 Å². The number of fused-ring (bicyclic) bond motifs is 5. The number of aromatic nitrogens is 1. The molecule has 7 atom stereocenters. The Hall–Kier alpha value is -2.95. The van der Waals surface area contributed by atoms with Crippen molar-refractivity contribution >= 4 is 28.6 Å². The number of aromatic amines is 1. The van der Waals surface area contributed by atoms with Crippen molar-refractivity contribution in [1.82, 2.24) is 25.0 Å². The van der Waals surface area contributed by atoms with Crippen LogP contribution in [0.15, 0.2) is 24.4 Å². The number of likely N-dealkylation sites (N-methyl/N-ethyl adjacent to an activating group) is 1. The highest BCUT2D eigenvalue weighted by Crippen LogP contribution is 2.48. The molecule has 0 saturated carbocycles. The summed E-state index contributed by atoms with van der Waals surface area (Å²) in [5, 5.41) is 16.1. The maximum Gasteiger partial charge on any atom is 0.281 e. The van der Waals surface area contributed by atoms with Crippen molar-refractivity contribution in [3.05, 3.63) is 35.5 Å². The van der Waals surface area contributed by atoms with Crippen LogP contribution in [0.5, 0.6) is 0 Å². The van der Waals surface area contributed by atoms with E-state index in [1.54, 1.807) is 25.7 Å². The van der Waals surface area contributed by atoms with Gasteiger partial charge in [-0.3, -0.25) is 24.0 Å². The van der Waals surface area contributed by atoms with E-state index in [4.69, 9.17) is 4.74 Å². The Morgan fingerprint density at radius 2 is 2.08 bits per heavy atom. The van der Waals surface area contributed by atoms with Crippen molar-refractivity contribution < 1.29 is 24.2 Å². The minimum absolute atomic E-state index is 0.182. The minimum atomic E-state index is -1.98. The highest BCUT2D eigenvalue weighted by atomic mass is 16.7. The first-order chi connectivity index (χ1) is 18.6. The molecule has 0 spiro atoms. The maximum absolute atomic E-state index is 14.0. The molecule has 1 aromatic carbocycles. The lowest BCUT2D eigenvalue weighted by Gasteiger charge is -2.47. The number of piperazine rings is 1. The van der Waals surface area contributed by atoms with Gasteiger partial charge in [0, 0.05) is 48.1 Å². The average Bonchev–Trinajstić information content (AvgIpc) is 3.61. The van der Waals surface area contributed by atoms with Crippen LogP contribution < -0.4 is 5.32 Å². The quantitative estimate of drug-likeness (QED) is 0.548. The van der Waals surface area contributed by atoms with E-state index >= 15 is 0 Å². The highest BCUT2D eigenvalue weighted by molar-refractivity contribution is 5.97. The molecule has 1 aromatic heterocycles. The van der Waals surface area contributed by atoms with E-state index < -0.39 is 35.5 Å². The largest absolute Gasteiger partial charge is 0.361 e. The predicted octanol–water partition coefficient (Wildman–Crippen LogP) is 1.49. The van der Waals surface area contributed by atoms with Crippen LogP contribution in [0.2, 0.25) is 0 Å². The van der Waals surface area contributed by atoms with Crippen LogP contribution in [0.4, 0.5) is 0 Å². The second-order valence-corrected chi connectivity index (χ2v) is 12.5. The summed E-state index contributed by atoms with van der Waals surface area (Å²) in [5.74, 6) is -3.64. The summed E-state index contributed by atoms with van der Waals surface area (Å²) in [4.78, 5) is 49.6. The zero-order valence-electron chi connectivity index (χ0n) is 22.9. The van der Waals surface area contributed by atoms with Crippen LogP contribution in [0.1, 0.15) is 57.1 Å². The molecule has 4 aliphatic heterocycles. The first-order valence-corrected chi connectivity index (χ1v) is 14.2. The number of H-pyrrole nitrogens is 1. The molecule has 3 amide bonds. The summed E-state index contributed by atoms with van der Waals surface area (Å²) in [5.41, 5.74) is 1.94. The van der Waals surface area contributed by atoms with E-state index in [9.17, 15) is 19.5 Å². The molecule has 0 bridgehead atoms. The Morgan fingerprint density at radius 3 is 2.85 bits per heavy atom. The van der Waals surface area contributed by atoms with Gasteiger partial charge in [-0.2, -0.15) is 0 Å². The normalized spacial score (nSPS) is 37.8. The first-order valence-electron chi connectivity index (χ1n) is 14.2. The third-order valence-electron chi connectivity index (χ3n) is 10.1. The van der Waals surface area contributed by atoms with Crippen LogP contribution in [-0.2, 0) is 25.5 Å². The van der Waals surface area contributed by atoms with Gasteiger partial charge in [-0.15, -0.1) is 0 Å². The molecule has 5 heterocycles. The Bertz CT molecular complexity index is 1390. The summed E-state index contributed by atoms with van der Waals surface area (Å²) >= 11 is 0. The number of rotatable bonds is 3. The Kier molecular flexibility index (Phi) is 5.32. The van der Waals surface area contributed by atoms with E-state index in [1.165, 1.54) is 21.4 Å². The Labute approximate surface area is 227 Å². The van der Waals surface area contributed by atoms with Crippen molar-refractivity contribution in [3.63, 3.8) is 0 Å². The zero-order chi connectivity index (χ0) is 27.4. The number of hydrogen-bond donors (Lipinski definition) is 3. The van der Waals surface area contributed by atoms with Crippen LogP contribution in [0.3, 0.4) is 0 Å². The fourth-order valence-corrected chi connectivity index (χ4v) is 8.11. The molecule has 10 nitrogen and oxygen atoms in total. The number of hydrogen-bond acceptors (Lipinski definition) is 6. The molecule has 208 valence electrons. The van der Waals surface area contributed by atoms with Gasteiger partial charge in [-0.1, -0.05) is 26.0 Å². The second kappa shape index (κ2) is 8.28. The van der Waals surface area contributed by atoms with Crippen LogP contribution in [0, 0.1) is 11.8 Å². The number of ether oxygens (including phenoxy) is 1. The average molecular weight is 536 g/mol. The summed E-state index contributed by atoms with van der Waals surface area (Å²) in [6.07, 6.45) is 4.94. The first kappa shape index (κ1) is 25.0. The lowest BCUT2D eigenvalue weighted by Crippen LogP contribution is -2.70. The number of likely N-dealkylation sites (tertiary alicyclic amines) is 1. The van der Waals surface area contributed by atoms with Crippen molar-refractivity contribution in [1.29, 1.82) is 0 Å². The Morgan fingerprint density at radius 1 is 1.28 bits per heavy atom. The van der Waals surface area contributed by atoms with E-state index in [0.29, 0.717) is 32.0 Å². The van der Waals surface area contributed by atoms with Crippen LogP contribution in [0.25, 0.3) is 10.9 Å². The monoisotopic (exact) mass is 535 g/mol. The van der Waals surface area contributed by atoms with Crippen molar-refractivity contribution in [2.24, 2.45) is 11.8 Å². The number of aliphatic hydroxyl groups is 1. The van der Waals surface area contributed by atoms with Gasteiger partial charge in [0.25, 0.3) is 11.8 Å². The summed E-state index contributed by atoms with van der Waals surface area (Å²) in [6, 6.07) is 5.08.